The third-order valence-corrected chi connectivity index (χ3v) is 3.69. The Bertz CT molecular complexity index is 585. The number of hydrogen-bond donors (Lipinski definition) is 0. The summed E-state index contributed by atoms with van der Waals surface area (Å²) in [7, 11) is 1.31. The van der Waals surface area contributed by atoms with Gasteiger partial charge in [0.05, 0.1) is 12.8 Å². The van der Waals surface area contributed by atoms with Crippen LogP contribution >= 0.6 is 11.6 Å². The van der Waals surface area contributed by atoms with Gasteiger partial charge in [-0.3, -0.25) is 9.69 Å². The molecule has 1 amide bonds. The number of esters is 1. The van der Waals surface area contributed by atoms with E-state index in [0.717, 1.165) is 0 Å². The molecule has 0 fully saturated rings. The van der Waals surface area contributed by atoms with Crippen LogP contribution in [0.3, 0.4) is 0 Å². The summed E-state index contributed by atoms with van der Waals surface area (Å²) >= 11 is 6.01. The predicted octanol–water partition coefficient (Wildman–Crippen LogP) is 2.80. The Morgan fingerprint density at radius 3 is 2.71 bits per heavy atom. The van der Waals surface area contributed by atoms with Crippen molar-refractivity contribution >= 4 is 29.2 Å². The molecule has 2 rings (SSSR count). The van der Waals surface area contributed by atoms with E-state index in [0.29, 0.717) is 22.9 Å². The molecule has 0 saturated heterocycles. The van der Waals surface area contributed by atoms with Crippen LogP contribution in [0.5, 0.6) is 5.75 Å². The number of amides is 1. The second kappa shape index (κ2) is 5.56. The highest BCUT2D eigenvalue weighted by Crippen LogP contribution is 2.40. The van der Waals surface area contributed by atoms with Crippen molar-refractivity contribution in [2.45, 2.75) is 38.8 Å². The average molecular weight is 312 g/mol. The first-order valence-corrected chi connectivity index (χ1v) is 7.09. The fraction of sp³-hybridized carbons (Fsp3) is 0.467. The number of benzene rings is 1. The first-order chi connectivity index (χ1) is 9.81. The van der Waals surface area contributed by atoms with Crippen LogP contribution in [0.2, 0.25) is 5.02 Å². The molecule has 0 spiro atoms. The zero-order chi connectivity index (χ0) is 15.8. The number of methoxy groups -OCH3 is 1. The lowest BCUT2D eigenvalue weighted by Crippen LogP contribution is -2.58. The number of fused-ring (bicyclic) bond motifs is 1. The van der Waals surface area contributed by atoms with Crippen molar-refractivity contribution in [1.29, 1.82) is 0 Å². The average Bonchev–Trinajstić information content (AvgIpc) is 2.44. The van der Waals surface area contributed by atoms with Gasteiger partial charge in [0.2, 0.25) is 0 Å². The van der Waals surface area contributed by atoms with Crippen molar-refractivity contribution in [2.75, 3.05) is 12.0 Å². The van der Waals surface area contributed by atoms with Gasteiger partial charge in [-0.15, -0.1) is 0 Å². The Hall–Kier alpha value is -1.75. The Labute approximate surface area is 128 Å². The summed E-state index contributed by atoms with van der Waals surface area (Å²) in [6.45, 7) is 5.16. The van der Waals surface area contributed by atoms with E-state index < -0.39 is 17.6 Å². The van der Waals surface area contributed by atoms with E-state index in [1.807, 2.05) is 6.92 Å². The second-order valence-corrected chi connectivity index (χ2v) is 5.78. The lowest BCUT2D eigenvalue weighted by Gasteiger charge is -2.41. The van der Waals surface area contributed by atoms with Crippen LogP contribution in [-0.4, -0.2) is 30.6 Å². The van der Waals surface area contributed by atoms with E-state index in [9.17, 15) is 9.59 Å². The number of halogens is 1. The molecule has 1 aromatic carbocycles. The summed E-state index contributed by atoms with van der Waals surface area (Å²) in [6, 6.07) is 4.30. The monoisotopic (exact) mass is 311 g/mol. The molecule has 21 heavy (non-hydrogen) atoms. The van der Waals surface area contributed by atoms with Gasteiger partial charge in [0.1, 0.15) is 11.8 Å². The molecular formula is C15H18ClNO4. The van der Waals surface area contributed by atoms with E-state index >= 15 is 0 Å². The summed E-state index contributed by atoms with van der Waals surface area (Å²) in [4.78, 5) is 26.1. The van der Waals surface area contributed by atoms with Crippen LogP contribution in [0, 0.1) is 0 Å². The molecule has 0 bridgehead atoms. The van der Waals surface area contributed by atoms with Crippen molar-refractivity contribution in [1.82, 2.24) is 0 Å². The number of hydrogen-bond acceptors (Lipinski definition) is 4. The van der Waals surface area contributed by atoms with Gasteiger partial charge in [-0.1, -0.05) is 18.5 Å². The van der Waals surface area contributed by atoms with Gasteiger partial charge in [0.25, 0.3) is 5.91 Å². The summed E-state index contributed by atoms with van der Waals surface area (Å²) in [5, 5.41) is 0.467. The minimum atomic E-state index is -1.05. The minimum Gasteiger partial charge on any atom is -0.476 e. The van der Waals surface area contributed by atoms with Crippen LogP contribution < -0.4 is 9.64 Å². The molecule has 0 aliphatic carbocycles. The molecule has 0 N–H and O–H groups in total. The van der Waals surface area contributed by atoms with Crippen LogP contribution in [0.15, 0.2) is 18.2 Å². The van der Waals surface area contributed by atoms with E-state index in [4.69, 9.17) is 21.1 Å². The van der Waals surface area contributed by atoms with Crippen LogP contribution in [0.4, 0.5) is 5.69 Å². The van der Waals surface area contributed by atoms with Crippen LogP contribution in [-0.2, 0) is 14.3 Å². The van der Waals surface area contributed by atoms with Gasteiger partial charge < -0.3 is 9.47 Å². The van der Waals surface area contributed by atoms with Crippen LogP contribution in [0.1, 0.15) is 27.2 Å². The summed E-state index contributed by atoms with van der Waals surface area (Å²) in [5.41, 5.74) is -0.563. The number of rotatable bonds is 3. The van der Waals surface area contributed by atoms with Crippen LogP contribution in [0.25, 0.3) is 0 Å². The second-order valence-electron chi connectivity index (χ2n) is 5.35. The molecule has 1 aliphatic heterocycles. The fourth-order valence-corrected chi connectivity index (χ4v) is 2.55. The van der Waals surface area contributed by atoms with Gasteiger partial charge in [-0.05, 0) is 38.5 Å². The maximum Gasteiger partial charge on any atom is 0.328 e. The number of carbonyl (C=O) groups is 2. The first-order valence-electron chi connectivity index (χ1n) is 6.72. The lowest BCUT2D eigenvalue weighted by molar-refractivity contribution is -0.145. The van der Waals surface area contributed by atoms with Gasteiger partial charge in [-0.2, -0.15) is 0 Å². The molecule has 0 radical (unpaired) electrons. The first kappa shape index (κ1) is 15.6. The Morgan fingerprint density at radius 2 is 2.14 bits per heavy atom. The molecule has 0 aromatic heterocycles. The normalized spacial score (nSPS) is 17.8. The van der Waals surface area contributed by atoms with Crippen molar-refractivity contribution in [3.8, 4) is 5.75 Å². The van der Waals surface area contributed by atoms with Crippen molar-refractivity contribution in [2.24, 2.45) is 0 Å². The molecule has 1 heterocycles. The molecule has 5 nitrogen and oxygen atoms in total. The summed E-state index contributed by atoms with van der Waals surface area (Å²) in [6.07, 6.45) is 0.431. The van der Waals surface area contributed by atoms with Gasteiger partial charge in [-0.25, -0.2) is 4.79 Å². The SMILES string of the molecule is CCC(C(=O)OC)N1C(=O)C(C)(C)Oc2ccc(Cl)cc21. The van der Waals surface area contributed by atoms with E-state index in [1.54, 1.807) is 32.0 Å². The van der Waals surface area contributed by atoms with E-state index in [1.165, 1.54) is 12.0 Å². The topological polar surface area (TPSA) is 55.8 Å². The van der Waals surface area contributed by atoms with Gasteiger partial charge in [0, 0.05) is 5.02 Å². The smallest absolute Gasteiger partial charge is 0.328 e. The van der Waals surface area contributed by atoms with Gasteiger partial charge in [0.15, 0.2) is 5.60 Å². The number of nitrogens with zero attached hydrogens (tertiary/aromatic N) is 1. The standard InChI is InChI=1S/C15H18ClNO4/c1-5-10(13(18)20-4)17-11-8-9(16)6-7-12(11)21-15(2,3)14(17)19/h6-8,10H,5H2,1-4H3. The van der Waals surface area contributed by atoms with E-state index in [-0.39, 0.29) is 5.91 Å². The fourth-order valence-electron chi connectivity index (χ4n) is 2.38. The predicted molar refractivity (Wildman–Crippen MR) is 79.7 cm³/mol. The third-order valence-electron chi connectivity index (χ3n) is 3.45. The molecule has 1 atom stereocenters. The van der Waals surface area contributed by atoms with Gasteiger partial charge >= 0.3 is 5.97 Å². The highest BCUT2D eigenvalue weighted by molar-refractivity contribution is 6.31. The van der Waals surface area contributed by atoms with Crippen molar-refractivity contribution in [3.63, 3.8) is 0 Å². The number of carbonyl (C=O) groups excluding carboxylic acids is 2. The zero-order valence-corrected chi connectivity index (χ0v) is 13.2. The molecular weight excluding hydrogens is 294 g/mol. The number of anilines is 1. The van der Waals surface area contributed by atoms with E-state index in [2.05, 4.69) is 0 Å². The highest BCUT2D eigenvalue weighted by atomic mass is 35.5. The Morgan fingerprint density at radius 1 is 1.48 bits per heavy atom. The maximum atomic E-state index is 12.7. The maximum absolute atomic E-state index is 12.7. The molecule has 0 saturated carbocycles. The molecule has 1 aromatic rings. The Balaban J connectivity index is 2.59. The summed E-state index contributed by atoms with van der Waals surface area (Å²) < 4.78 is 10.5. The Kier molecular flexibility index (Phi) is 4.14. The molecule has 114 valence electrons. The molecule has 1 unspecified atom stereocenters. The largest absolute Gasteiger partial charge is 0.476 e. The van der Waals surface area contributed by atoms with Crippen molar-refractivity contribution < 1.29 is 19.1 Å². The third kappa shape index (κ3) is 2.70. The minimum absolute atomic E-state index is 0.297. The molecule has 1 aliphatic rings. The highest BCUT2D eigenvalue weighted by Gasteiger charge is 2.45. The number of ether oxygens (including phenoxy) is 2. The van der Waals surface area contributed by atoms with Crippen molar-refractivity contribution in [3.05, 3.63) is 23.2 Å². The zero-order valence-electron chi connectivity index (χ0n) is 12.5. The lowest BCUT2D eigenvalue weighted by atomic mass is 10.0. The summed E-state index contributed by atoms with van der Waals surface area (Å²) in [5.74, 6) is -0.240. The quantitative estimate of drug-likeness (QED) is 0.805. The molecule has 6 heteroatoms.